The van der Waals surface area contributed by atoms with Crippen LogP contribution in [-0.4, -0.2) is 48.9 Å². The van der Waals surface area contributed by atoms with E-state index in [0.29, 0.717) is 36.5 Å². The number of benzene rings is 1. The molecule has 1 saturated carbocycles. The average Bonchev–Trinajstić information content (AvgIpc) is 3.21. The minimum Gasteiger partial charge on any atom is -0.337 e. The molecule has 2 unspecified atom stereocenters. The van der Waals surface area contributed by atoms with Crippen LogP contribution in [0.25, 0.3) is 5.69 Å². The van der Waals surface area contributed by atoms with Crippen molar-refractivity contribution in [3.05, 3.63) is 59.7 Å². The lowest BCUT2D eigenvalue weighted by Crippen LogP contribution is -2.31. The van der Waals surface area contributed by atoms with Crippen molar-refractivity contribution in [2.75, 3.05) is 13.1 Å². The summed E-state index contributed by atoms with van der Waals surface area (Å²) in [6.45, 7) is 5.53. The standard InChI is InChI=1S/C20H21FN6O/c1-11(2)16-7-17(24-23-16)20(28)26-8-14-15(9-26)18(14)19-25-22-10-27(19)13-5-3-12(21)4-6-13/h3-7,10-11,14-15,18H,8-9H2,1-2H3,(H,23,24). The number of nitrogens with zero attached hydrogens (tertiary/aromatic N) is 5. The lowest BCUT2D eigenvalue weighted by Gasteiger charge is -2.18. The quantitative estimate of drug-likeness (QED) is 0.755. The minimum absolute atomic E-state index is 0.0194. The maximum atomic E-state index is 13.2. The second-order valence-electron chi connectivity index (χ2n) is 7.96. The summed E-state index contributed by atoms with van der Waals surface area (Å²) in [5.74, 6) is 1.96. The Hall–Kier alpha value is -3.03. The zero-order valence-corrected chi connectivity index (χ0v) is 15.7. The molecule has 1 aliphatic heterocycles. The number of hydrogen-bond donors (Lipinski definition) is 1. The number of fused-ring (bicyclic) bond motifs is 1. The SMILES string of the molecule is CC(C)c1cc(C(=O)N2CC3C(C2)C3c2nncn2-c2ccc(F)cc2)n[nH]1. The molecule has 28 heavy (non-hydrogen) atoms. The second-order valence-corrected chi connectivity index (χ2v) is 7.96. The van der Waals surface area contributed by atoms with Crippen LogP contribution in [0.1, 0.15) is 47.7 Å². The van der Waals surface area contributed by atoms with Gasteiger partial charge in [0, 0.05) is 30.4 Å². The van der Waals surface area contributed by atoms with E-state index in [1.54, 1.807) is 18.5 Å². The first kappa shape index (κ1) is 17.1. The van der Waals surface area contributed by atoms with Gasteiger partial charge in [0.1, 0.15) is 23.7 Å². The number of aromatic nitrogens is 5. The van der Waals surface area contributed by atoms with Gasteiger partial charge in [0.05, 0.1) is 0 Å². The zero-order valence-electron chi connectivity index (χ0n) is 15.7. The Kier molecular flexibility index (Phi) is 3.82. The fourth-order valence-corrected chi connectivity index (χ4v) is 4.25. The van der Waals surface area contributed by atoms with E-state index in [1.165, 1.54) is 12.1 Å². The molecule has 2 aromatic heterocycles. The summed E-state index contributed by atoms with van der Waals surface area (Å²) < 4.78 is 15.1. The highest BCUT2D eigenvalue weighted by atomic mass is 19.1. The number of nitrogens with one attached hydrogen (secondary N) is 1. The van der Waals surface area contributed by atoms with Crippen molar-refractivity contribution in [3.8, 4) is 5.69 Å². The molecule has 5 rings (SSSR count). The van der Waals surface area contributed by atoms with Crippen molar-refractivity contribution in [1.82, 2.24) is 29.9 Å². The molecule has 1 aromatic carbocycles. The molecule has 3 aromatic rings. The molecule has 144 valence electrons. The predicted molar refractivity (Wildman–Crippen MR) is 99.6 cm³/mol. The Morgan fingerprint density at radius 3 is 2.57 bits per heavy atom. The third-order valence-electron chi connectivity index (χ3n) is 5.90. The van der Waals surface area contributed by atoms with Crippen LogP contribution in [0.4, 0.5) is 4.39 Å². The molecule has 3 heterocycles. The van der Waals surface area contributed by atoms with E-state index in [2.05, 4.69) is 34.2 Å². The molecule has 1 aliphatic carbocycles. The van der Waals surface area contributed by atoms with Crippen LogP contribution in [-0.2, 0) is 0 Å². The molecule has 1 N–H and O–H groups in total. The van der Waals surface area contributed by atoms with Crippen molar-refractivity contribution < 1.29 is 9.18 Å². The smallest absolute Gasteiger partial charge is 0.274 e. The van der Waals surface area contributed by atoms with E-state index >= 15 is 0 Å². The van der Waals surface area contributed by atoms with Gasteiger partial charge in [-0.1, -0.05) is 13.8 Å². The normalized spacial score (nSPS) is 23.3. The van der Waals surface area contributed by atoms with Gasteiger partial charge in [-0.15, -0.1) is 10.2 Å². The Bertz CT molecular complexity index is 1010. The summed E-state index contributed by atoms with van der Waals surface area (Å²) in [5, 5.41) is 15.5. The highest BCUT2D eigenvalue weighted by molar-refractivity contribution is 5.92. The van der Waals surface area contributed by atoms with E-state index in [-0.39, 0.29) is 17.6 Å². The molecule has 0 radical (unpaired) electrons. The predicted octanol–water partition coefficient (Wildman–Crippen LogP) is 2.74. The first-order valence-corrected chi connectivity index (χ1v) is 9.53. The first-order valence-electron chi connectivity index (χ1n) is 9.53. The number of piperidine rings is 1. The molecule has 2 atom stereocenters. The highest BCUT2D eigenvalue weighted by Gasteiger charge is 2.59. The summed E-state index contributed by atoms with van der Waals surface area (Å²) in [6, 6.07) is 8.16. The fraction of sp³-hybridized carbons (Fsp3) is 0.400. The fourth-order valence-electron chi connectivity index (χ4n) is 4.25. The van der Waals surface area contributed by atoms with Gasteiger partial charge in [-0.05, 0) is 48.1 Å². The summed E-state index contributed by atoms with van der Waals surface area (Å²) in [5.41, 5.74) is 2.30. The first-order chi connectivity index (χ1) is 13.5. The number of carbonyl (C=O) groups is 1. The number of H-pyrrole nitrogens is 1. The molecule has 8 heteroatoms. The van der Waals surface area contributed by atoms with Gasteiger partial charge < -0.3 is 4.90 Å². The van der Waals surface area contributed by atoms with Crippen LogP contribution in [0.5, 0.6) is 0 Å². The van der Waals surface area contributed by atoms with Crippen molar-refractivity contribution >= 4 is 5.91 Å². The van der Waals surface area contributed by atoms with Crippen molar-refractivity contribution in [2.45, 2.75) is 25.7 Å². The van der Waals surface area contributed by atoms with Crippen LogP contribution in [0, 0.1) is 17.7 Å². The van der Waals surface area contributed by atoms with E-state index in [1.807, 2.05) is 15.5 Å². The molecule has 0 spiro atoms. The Morgan fingerprint density at radius 1 is 1.21 bits per heavy atom. The second kappa shape index (κ2) is 6.25. The molecular formula is C20H21FN6O. The summed E-state index contributed by atoms with van der Waals surface area (Å²) >= 11 is 0. The third-order valence-corrected chi connectivity index (χ3v) is 5.90. The average molecular weight is 380 g/mol. The number of rotatable bonds is 4. The van der Waals surface area contributed by atoms with Crippen LogP contribution in [0.3, 0.4) is 0 Å². The van der Waals surface area contributed by atoms with Gasteiger partial charge in [-0.3, -0.25) is 14.5 Å². The number of aromatic amines is 1. The minimum atomic E-state index is -0.269. The number of carbonyl (C=O) groups excluding carboxylic acids is 1. The largest absolute Gasteiger partial charge is 0.337 e. The number of likely N-dealkylation sites (tertiary alicyclic amines) is 1. The van der Waals surface area contributed by atoms with Gasteiger partial charge in [-0.2, -0.15) is 5.10 Å². The molecule has 1 saturated heterocycles. The van der Waals surface area contributed by atoms with Crippen LogP contribution in [0.2, 0.25) is 0 Å². The molecular weight excluding hydrogens is 359 g/mol. The Balaban J connectivity index is 1.29. The van der Waals surface area contributed by atoms with Crippen molar-refractivity contribution in [2.24, 2.45) is 11.8 Å². The summed E-state index contributed by atoms with van der Waals surface area (Å²) in [6.07, 6.45) is 1.66. The highest BCUT2D eigenvalue weighted by Crippen LogP contribution is 2.57. The maximum Gasteiger partial charge on any atom is 0.274 e. The Morgan fingerprint density at radius 2 is 1.93 bits per heavy atom. The summed E-state index contributed by atoms with van der Waals surface area (Å²) in [4.78, 5) is 14.6. The topological polar surface area (TPSA) is 79.7 Å². The van der Waals surface area contributed by atoms with Gasteiger partial charge in [0.2, 0.25) is 0 Å². The molecule has 2 fully saturated rings. The van der Waals surface area contributed by atoms with Gasteiger partial charge in [0.25, 0.3) is 5.91 Å². The lowest BCUT2D eigenvalue weighted by molar-refractivity contribution is 0.0766. The molecule has 0 bridgehead atoms. The number of amides is 1. The Labute approximate surface area is 161 Å². The van der Waals surface area contributed by atoms with Gasteiger partial charge in [0.15, 0.2) is 0 Å². The number of hydrogen-bond acceptors (Lipinski definition) is 4. The van der Waals surface area contributed by atoms with Gasteiger partial charge >= 0.3 is 0 Å². The zero-order chi connectivity index (χ0) is 19.4. The monoisotopic (exact) mass is 380 g/mol. The molecule has 2 aliphatic rings. The van der Waals surface area contributed by atoms with E-state index in [4.69, 9.17) is 0 Å². The molecule has 1 amide bonds. The third kappa shape index (κ3) is 2.71. The lowest BCUT2D eigenvalue weighted by atomic mass is 10.1. The van der Waals surface area contributed by atoms with Crippen molar-refractivity contribution in [1.29, 1.82) is 0 Å². The van der Waals surface area contributed by atoms with Gasteiger partial charge in [-0.25, -0.2) is 4.39 Å². The van der Waals surface area contributed by atoms with Crippen LogP contribution < -0.4 is 0 Å². The maximum absolute atomic E-state index is 13.2. The van der Waals surface area contributed by atoms with E-state index < -0.39 is 0 Å². The molecule has 7 nitrogen and oxygen atoms in total. The number of halogens is 1. The summed E-state index contributed by atoms with van der Waals surface area (Å²) in [7, 11) is 0. The van der Waals surface area contributed by atoms with Crippen LogP contribution >= 0.6 is 0 Å². The van der Waals surface area contributed by atoms with E-state index in [0.717, 1.165) is 17.2 Å². The van der Waals surface area contributed by atoms with Crippen molar-refractivity contribution in [3.63, 3.8) is 0 Å². The van der Waals surface area contributed by atoms with Crippen LogP contribution in [0.15, 0.2) is 36.7 Å². The van der Waals surface area contributed by atoms with E-state index in [9.17, 15) is 9.18 Å².